The quantitative estimate of drug-likeness (QED) is 0.626. The van der Waals surface area contributed by atoms with Crippen LogP contribution < -0.4 is 10.0 Å². The summed E-state index contributed by atoms with van der Waals surface area (Å²) in [6, 6.07) is 0. The van der Waals surface area contributed by atoms with Gasteiger partial charge in [-0.3, -0.25) is 4.72 Å². The first-order valence-electron chi connectivity index (χ1n) is 9.84. The second-order valence-corrected chi connectivity index (χ2v) is 11.3. The number of nitrogens with one attached hydrogen (secondary N) is 2. The Bertz CT molecular complexity index is 813. The molecule has 0 heterocycles. The van der Waals surface area contributed by atoms with Gasteiger partial charge in [0.05, 0.1) is 4.75 Å². The van der Waals surface area contributed by atoms with Crippen molar-refractivity contribution in [2.24, 2.45) is 11.8 Å². The molecule has 6 heteroatoms. The number of rotatable bonds is 5. The maximum atomic E-state index is 12.3. The van der Waals surface area contributed by atoms with E-state index in [4.69, 9.17) is 0 Å². The Hall–Kier alpha value is -1.53. The molecule has 3 N–H and O–H groups in total. The number of aliphatic hydroxyl groups is 1. The largest absolute Gasteiger partial charge is 0.373 e. The van der Waals surface area contributed by atoms with Crippen LogP contribution in [0.3, 0.4) is 0 Å². The summed E-state index contributed by atoms with van der Waals surface area (Å²) in [5.74, 6) is 0.608. The van der Waals surface area contributed by atoms with Crippen molar-refractivity contribution < 1.29 is 13.5 Å². The first kappa shape index (κ1) is 20.2. The fraction of sp³-hybridized carbons (Fsp3) is 0.619. The van der Waals surface area contributed by atoms with Gasteiger partial charge in [-0.2, -0.15) is 0 Å². The molecule has 27 heavy (non-hydrogen) atoms. The lowest BCUT2D eigenvalue weighted by atomic mass is 9.88. The molecule has 1 fully saturated rings. The highest BCUT2D eigenvalue weighted by atomic mass is 32.2. The molecule has 0 aromatic heterocycles. The van der Waals surface area contributed by atoms with E-state index in [1.165, 1.54) is 24.8 Å². The summed E-state index contributed by atoms with van der Waals surface area (Å²) in [7, 11) is -3.44. The highest BCUT2D eigenvalue weighted by Gasteiger charge is 2.30. The molecule has 3 unspecified atom stereocenters. The highest BCUT2D eigenvalue weighted by molar-refractivity contribution is 7.90. The van der Waals surface area contributed by atoms with Crippen LogP contribution in [-0.4, -0.2) is 24.5 Å². The smallest absolute Gasteiger partial charge is 0.237 e. The molecule has 1 saturated carbocycles. The fourth-order valence-corrected chi connectivity index (χ4v) is 4.71. The number of sulfonamides is 1. The minimum absolute atomic E-state index is 0.0899. The second-order valence-electron chi connectivity index (χ2n) is 8.82. The van der Waals surface area contributed by atoms with Gasteiger partial charge in [0, 0.05) is 17.3 Å². The van der Waals surface area contributed by atoms with Crippen LogP contribution in [-0.2, 0) is 10.0 Å². The van der Waals surface area contributed by atoms with Crippen molar-refractivity contribution in [1.82, 2.24) is 10.0 Å². The zero-order chi connectivity index (χ0) is 19.8. The van der Waals surface area contributed by atoms with Gasteiger partial charge in [0.2, 0.25) is 10.0 Å². The van der Waals surface area contributed by atoms with Crippen molar-refractivity contribution in [1.29, 1.82) is 0 Å². The van der Waals surface area contributed by atoms with Gasteiger partial charge in [0.25, 0.3) is 0 Å². The van der Waals surface area contributed by atoms with Crippen molar-refractivity contribution in [3.63, 3.8) is 0 Å². The van der Waals surface area contributed by atoms with E-state index in [2.05, 4.69) is 23.0 Å². The van der Waals surface area contributed by atoms with Crippen LogP contribution in [0.1, 0.15) is 59.8 Å². The molecule has 3 aliphatic carbocycles. The maximum absolute atomic E-state index is 12.3. The Labute approximate surface area is 163 Å². The van der Waals surface area contributed by atoms with Crippen LogP contribution in [0.5, 0.6) is 0 Å². The Balaban J connectivity index is 1.59. The summed E-state index contributed by atoms with van der Waals surface area (Å²) in [6.07, 6.45) is 12.3. The number of aliphatic hydroxyl groups excluding tert-OH is 1. The van der Waals surface area contributed by atoms with Crippen molar-refractivity contribution in [2.45, 2.75) is 70.8 Å². The predicted octanol–water partition coefficient (Wildman–Crippen LogP) is 3.48. The van der Waals surface area contributed by atoms with Crippen molar-refractivity contribution in [3.05, 3.63) is 46.8 Å². The van der Waals surface area contributed by atoms with Crippen molar-refractivity contribution in [3.8, 4) is 0 Å². The van der Waals surface area contributed by atoms with Crippen LogP contribution in [0.15, 0.2) is 46.8 Å². The summed E-state index contributed by atoms with van der Waals surface area (Å²) < 4.78 is 26.3. The van der Waals surface area contributed by atoms with Gasteiger partial charge in [-0.15, -0.1) is 0 Å². The molecule has 0 aromatic rings. The van der Waals surface area contributed by atoms with Crippen molar-refractivity contribution in [2.75, 3.05) is 0 Å². The number of hydrogen-bond acceptors (Lipinski definition) is 4. The lowest BCUT2D eigenvalue weighted by Gasteiger charge is -2.29. The second kappa shape index (κ2) is 7.47. The highest BCUT2D eigenvalue weighted by Crippen LogP contribution is 2.40. The molecule has 0 saturated heterocycles. The Morgan fingerprint density at radius 1 is 1.22 bits per heavy atom. The maximum Gasteiger partial charge on any atom is 0.237 e. The minimum atomic E-state index is -3.44. The van der Waals surface area contributed by atoms with Gasteiger partial charge in [0.1, 0.15) is 6.23 Å². The number of fused-ring (bicyclic) bond motifs is 1. The lowest BCUT2D eigenvalue weighted by molar-refractivity contribution is 0.106. The third-order valence-electron chi connectivity index (χ3n) is 5.88. The zero-order valence-corrected chi connectivity index (χ0v) is 17.6. The summed E-state index contributed by atoms with van der Waals surface area (Å²) >= 11 is 0. The van der Waals surface area contributed by atoms with E-state index in [1.54, 1.807) is 32.4 Å². The molecule has 0 radical (unpaired) electrons. The molecule has 0 bridgehead atoms. The molecule has 150 valence electrons. The standard InChI is InChI=1S/C21H32N2O3S/c1-14-18-7-5-6-15(18)10-13-19(14)22-20(24)16-8-11-17(12-9-16)23-27(25,26)21(2,3)4/h8,11-13,15-16,20,22-24H,5-7,9-10H2,1-4H3. The van der Waals surface area contributed by atoms with Crippen molar-refractivity contribution >= 4 is 10.0 Å². The number of allylic oxidation sites excluding steroid dienone is 5. The van der Waals surface area contributed by atoms with Gasteiger partial charge in [-0.05, 0) is 77.4 Å². The summed E-state index contributed by atoms with van der Waals surface area (Å²) in [5.41, 5.74) is 4.45. The summed E-state index contributed by atoms with van der Waals surface area (Å²) in [6.45, 7) is 7.15. The number of hydrogen-bond donors (Lipinski definition) is 3. The first-order chi connectivity index (χ1) is 12.6. The van der Waals surface area contributed by atoms with Crippen LogP contribution >= 0.6 is 0 Å². The van der Waals surface area contributed by atoms with E-state index in [1.807, 2.05) is 12.2 Å². The molecule has 0 aromatic carbocycles. The van der Waals surface area contributed by atoms with E-state index in [9.17, 15) is 13.5 Å². The van der Waals surface area contributed by atoms with E-state index in [0.717, 1.165) is 12.1 Å². The topological polar surface area (TPSA) is 78.4 Å². The Morgan fingerprint density at radius 2 is 1.96 bits per heavy atom. The predicted molar refractivity (Wildman–Crippen MR) is 109 cm³/mol. The average Bonchev–Trinajstić information content (AvgIpc) is 3.06. The van der Waals surface area contributed by atoms with Crippen LogP contribution in [0, 0.1) is 11.8 Å². The molecule has 0 aliphatic heterocycles. The molecule has 5 nitrogen and oxygen atoms in total. The minimum Gasteiger partial charge on any atom is -0.373 e. The van der Waals surface area contributed by atoms with E-state index in [-0.39, 0.29) is 5.92 Å². The molecule has 0 spiro atoms. The average molecular weight is 393 g/mol. The third kappa shape index (κ3) is 4.32. The summed E-state index contributed by atoms with van der Waals surface area (Å²) in [5, 5.41) is 13.9. The molecular weight excluding hydrogens is 360 g/mol. The van der Waals surface area contributed by atoms with Crippen LogP contribution in [0.4, 0.5) is 0 Å². The summed E-state index contributed by atoms with van der Waals surface area (Å²) in [4.78, 5) is 0. The fourth-order valence-electron chi connectivity index (χ4n) is 3.95. The van der Waals surface area contributed by atoms with Crippen LogP contribution in [0.25, 0.3) is 0 Å². The first-order valence-corrected chi connectivity index (χ1v) is 11.3. The van der Waals surface area contributed by atoms with Gasteiger partial charge < -0.3 is 10.4 Å². The normalized spacial score (nSPS) is 27.0. The SMILES string of the molecule is CC1=C2CCCC2CC=C1NC(O)C1C=CC(NS(=O)(=O)C(C)(C)C)=CC1. The molecule has 3 rings (SSSR count). The van der Waals surface area contributed by atoms with Gasteiger partial charge >= 0.3 is 0 Å². The monoisotopic (exact) mass is 392 g/mol. The van der Waals surface area contributed by atoms with E-state index < -0.39 is 21.0 Å². The van der Waals surface area contributed by atoms with Gasteiger partial charge in [-0.25, -0.2) is 8.42 Å². The van der Waals surface area contributed by atoms with Gasteiger partial charge in [0.15, 0.2) is 0 Å². The molecular formula is C21H32N2O3S. The van der Waals surface area contributed by atoms with Gasteiger partial charge in [-0.1, -0.05) is 23.8 Å². The van der Waals surface area contributed by atoms with E-state index >= 15 is 0 Å². The molecule has 0 amide bonds. The lowest BCUT2D eigenvalue weighted by Crippen LogP contribution is -2.39. The Morgan fingerprint density at radius 3 is 2.59 bits per heavy atom. The van der Waals surface area contributed by atoms with Crippen LogP contribution in [0.2, 0.25) is 0 Å². The molecule has 3 atom stereocenters. The molecule has 3 aliphatic rings. The Kier molecular flexibility index (Phi) is 5.59. The zero-order valence-electron chi connectivity index (χ0n) is 16.7. The van der Waals surface area contributed by atoms with E-state index in [0.29, 0.717) is 18.0 Å². The third-order valence-corrected chi connectivity index (χ3v) is 8.00.